The van der Waals surface area contributed by atoms with Crippen LogP contribution in [-0.2, 0) is 4.79 Å². The third-order valence-corrected chi connectivity index (χ3v) is 5.86. The van der Waals surface area contributed by atoms with E-state index in [0.717, 1.165) is 45.6 Å². The van der Waals surface area contributed by atoms with Gasteiger partial charge in [0.2, 0.25) is 5.91 Å². The second kappa shape index (κ2) is 8.30. The van der Waals surface area contributed by atoms with Gasteiger partial charge in [0.25, 0.3) is 0 Å². The Morgan fingerprint density at radius 1 is 1.16 bits per heavy atom. The Hall–Kier alpha value is -3.93. The number of carbonyl (C=O) groups is 1. The minimum Gasteiger partial charge on any atom is -0.457 e. The molecule has 0 spiro atoms. The number of fused-ring (bicyclic) bond motifs is 1. The molecule has 2 aromatic heterocycles. The van der Waals surface area contributed by atoms with Crippen molar-refractivity contribution >= 4 is 16.8 Å². The molecule has 1 aliphatic heterocycles. The quantitative estimate of drug-likeness (QED) is 0.415. The highest BCUT2D eigenvalue weighted by Gasteiger charge is 2.28. The summed E-state index contributed by atoms with van der Waals surface area (Å²) in [5.74, 6) is 1.56. The molecule has 1 unspecified atom stereocenters. The van der Waals surface area contributed by atoms with Crippen molar-refractivity contribution in [2.45, 2.75) is 19.4 Å². The summed E-state index contributed by atoms with van der Waals surface area (Å²) in [6.07, 6.45) is 5.87. The molecular formula is C26H24N4O2. The molecule has 4 aromatic rings. The lowest BCUT2D eigenvalue weighted by Gasteiger charge is -2.15. The van der Waals surface area contributed by atoms with Crippen LogP contribution in [0.2, 0.25) is 0 Å². The van der Waals surface area contributed by atoms with Crippen molar-refractivity contribution in [2.75, 3.05) is 13.1 Å². The number of hydrogen-bond acceptors (Lipinski definition) is 4. The lowest BCUT2D eigenvalue weighted by Crippen LogP contribution is -2.27. The molecule has 1 fully saturated rings. The Bertz CT molecular complexity index is 1290. The van der Waals surface area contributed by atoms with E-state index in [1.165, 1.54) is 6.08 Å². The highest BCUT2D eigenvalue weighted by Crippen LogP contribution is 2.33. The second-order valence-corrected chi connectivity index (χ2v) is 8.06. The first-order chi connectivity index (χ1) is 15.6. The van der Waals surface area contributed by atoms with Crippen LogP contribution in [-0.4, -0.2) is 38.7 Å². The minimum atomic E-state index is -0.0324. The molecule has 1 saturated heterocycles. The van der Waals surface area contributed by atoms with Gasteiger partial charge in [0.05, 0.1) is 11.6 Å². The van der Waals surface area contributed by atoms with E-state index in [1.807, 2.05) is 77.3 Å². The normalized spacial score (nSPS) is 15.8. The molecule has 0 saturated carbocycles. The van der Waals surface area contributed by atoms with Crippen LogP contribution >= 0.6 is 0 Å². The standard InChI is InChI=1S/C26H24N4O2/c1-3-25(31)29-14-12-20(17-29)30-24-11-13-27-16-23(24)26(28-30)19-7-9-21(10-8-19)32-22-6-4-5-18(2)15-22/h3-11,13,15-16,20H,1,12,14,17H2,2H3. The average Bonchev–Trinajstić information content (AvgIpc) is 3.44. The molecular weight excluding hydrogens is 400 g/mol. The third-order valence-electron chi connectivity index (χ3n) is 5.86. The van der Waals surface area contributed by atoms with Crippen molar-refractivity contribution in [3.05, 3.63) is 85.2 Å². The largest absolute Gasteiger partial charge is 0.457 e. The summed E-state index contributed by atoms with van der Waals surface area (Å²) >= 11 is 0. The number of ether oxygens (including phenoxy) is 1. The van der Waals surface area contributed by atoms with Crippen molar-refractivity contribution in [1.29, 1.82) is 0 Å². The Balaban J connectivity index is 1.45. The lowest BCUT2D eigenvalue weighted by molar-refractivity contribution is -0.125. The lowest BCUT2D eigenvalue weighted by atomic mass is 10.1. The fourth-order valence-corrected chi connectivity index (χ4v) is 4.24. The smallest absolute Gasteiger partial charge is 0.246 e. The topological polar surface area (TPSA) is 60.2 Å². The number of benzene rings is 2. The first-order valence-electron chi connectivity index (χ1n) is 10.7. The zero-order valence-corrected chi connectivity index (χ0v) is 17.9. The van der Waals surface area contributed by atoms with Crippen LogP contribution in [0.25, 0.3) is 22.2 Å². The summed E-state index contributed by atoms with van der Waals surface area (Å²) in [4.78, 5) is 18.2. The van der Waals surface area contributed by atoms with E-state index < -0.39 is 0 Å². The third kappa shape index (κ3) is 3.75. The van der Waals surface area contributed by atoms with Crippen LogP contribution in [0.4, 0.5) is 0 Å². The van der Waals surface area contributed by atoms with Crippen LogP contribution in [0.3, 0.4) is 0 Å². The summed E-state index contributed by atoms with van der Waals surface area (Å²) in [7, 11) is 0. The second-order valence-electron chi connectivity index (χ2n) is 8.06. The Morgan fingerprint density at radius 3 is 2.78 bits per heavy atom. The van der Waals surface area contributed by atoms with Crippen molar-refractivity contribution in [1.82, 2.24) is 19.7 Å². The molecule has 3 heterocycles. The van der Waals surface area contributed by atoms with E-state index in [2.05, 4.69) is 11.6 Å². The molecule has 1 atom stereocenters. The predicted molar refractivity (Wildman–Crippen MR) is 125 cm³/mol. The van der Waals surface area contributed by atoms with Gasteiger partial charge in [-0.1, -0.05) is 18.7 Å². The maximum absolute atomic E-state index is 12.0. The highest BCUT2D eigenvalue weighted by molar-refractivity contribution is 5.93. The Labute approximate surface area is 186 Å². The molecule has 6 nitrogen and oxygen atoms in total. The summed E-state index contributed by atoms with van der Waals surface area (Å²) < 4.78 is 8.03. The zero-order valence-electron chi connectivity index (χ0n) is 17.9. The molecule has 1 aliphatic rings. The molecule has 6 heteroatoms. The molecule has 5 rings (SSSR count). The van der Waals surface area contributed by atoms with Crippen LogP contribution in [0.15, 0.2) is 79.6 Å². The number of nitrogens with zero attached hydrogens (tertiary/aromatic N) is 4. The number of amides is 1. The maximum Gasteiger partial charge on any atom is 0.246 e. The maximum atomic E-state index is 12.0. The van der Waals surface area contributed by atoms with E-state index >= 15 is 0 Å². The van der Waals surface area contributed by atoms with Gasteiger partial charge in [-0.3, -0.25) is 14.5 Å². The van der Waals surface area contributed by atoms with Crippen molar-refractivity contribution in [2.24, 2.45) is 0 Å². The SMILES string of the molecule is C=CC(=O)N1CCC(n2nc(-c3ccc(Oc4cccc(C)c4)cc3)c3cnccc32)C1. The van der Waals surface area contributed by atoms with Crippen LogP contribution in [0.1, 0.15) is 18.0 Å². The highest BCUT2D eigenvalue weighted by atomic mass is 16.5. The molecule has 32 heavy (non-hydrogen) atoms. The van der Waals surface area contributed by atoms with E-state index in [-0.39, 0.29) is 11.9 Å². The van der Waals surface area contributed by atoms with Crippen LogP contribution in [0.5, 0.6) is 11.5 Å². The van der Waals surface area contributed by atoms with Crippen LogP contribution in [0, 0.1) is 6.92 Å². The molecule has 2 aromatic carbocycles. The van der Waals surface area contributed by atoms with Crippen molar-refractivity contribution in [3.8, 4) is 22.8 Å². The van der Waals surface area contributed by atoms with E-state index in [9.17, 15) is 4.79 Å². The summed E-state index contributed by atoms with van der Waals surface area (Å²) in [5, 5.41) is 5.95. The molecule has 0 radical (unpaired) electrons. The number of aryl methyl sites for hydroxylation is 1. The fraction of sp³-hybridized carbons (Fsp3) is 0.192. The minimum absolute atomic E-state index is 0.0324. The number of pyridine rings is 1. The fourth-order valence-electron chi connectivity index (χ4n) is 4.24. The molecule has 0 N–H and O–H groups in total. The van der Waals surface area contributed by atoms with Crippen molar-refractivity contribution in [3.63, 3.8) is 0 Å². The van der Waals surface area contributed by atoms with Gasteiger partial charge in [0.15, 0.2) is 0 Å². The Morgan fingerprint density at radius 2 is 2.00 bits per heavy atom. The first-order valence-corrected chi connectivity index (χ1v) is 10.7. The molecule has 160 valence electrons. The van der Waals surface area contributed by atoms with Gasteiger partial charge in [0.1, 0.15) is 17.2 Å². The molecule has 1 amide bonds. The summed E-state index contributed by atoms with van der Waals surface area (Å²) in [6.45, 7) is 6.99. The van der Waals surface area contributed by atoms with E-state index in [0.29, 0.717) is 13.1 Å². The predicted octanol–water partition coefficient (Wildman–Crippen LogP) is 5.16. The van der Waals surface area contributed by atoms with Gasteiger partial charge in [-0.2, -0.15) is 5.10 Å². The summed E-state index contributed by atoms with van der Waals surface area (Å²) in [5.41, 5.74) is 4.05. The van der Waals surface area contributed by atoms with Gasteiger partial charge >= 0.3 is 0 Å². The number of hydrogen-bond donors (Lipinski definition) is 0. The zero-order chi connectivity index (χ0) is 22.1. The number of aromatic nitrogens is 3. The van der Waals surface area contributed by atoms with E-state index in [4.69, 9.17) is 9.84 Å². The number of carbonyl (C=O) groups excluding carboxylic acids is 1. The molecule has 0 aliphatic carbocycles. The average molecular weight is 425 g/mol. The summed E-state index contributed by atoms with van der Waals surface area (Å²) in [6, 6.07) is 18.1. The van der Waals surface area contributed by atoms with Gasteiger partial charge < -0.3 is 9.64 Å². The van der Waals surface area contributed by atoms with Crippen LogP contribution < -0.4 is 4.74 Å². The van der Waals surface area contributed by atoms with Gasteiger partial charge in [0, 0.05) is 36.4 Å². The first kappa shape index (κ1) is 20.0. The molecule has 0 bridgehead atoms. The van der Waals surface area contributed by atoms with Gasteiger partial charge in [-0.25, -0.2) is 0 Å². The monoisotopic (exact) mass is 424 g/mol. The van der Waals surface area contributed by atoms with Gasteiger partial charge in [-0.05, 0) is 67.4 Å². The Kier molecular flexibility index (Phi) is 5.19. The number of likely N-dealkylation sites (tertiary alicyclic amines) is 1. The number of rotatable bonds is 5. The van der Waals surface area contributed by atoms with Gasteiger partial charge in [-0.15, -0.1) is 0 Å². The van der Waals surface area contributed by atoms with Crippen molar-refractivity contribution < 1.29 is 9.53 Å². The van der Waals surface area contributed by atoms with E-state index in [1.54, 1.807) is 6.20 Å².